The largest absolute Gasteiger partial charge is 0.385 e. The summed E-state index contributed by atoms with van der Waals surface area (Å²) in [5, 5.41) is 10.1. The Labute approximate surface area is 81.0 Å². The number of ether oxygens (including phenoxy) is 2. The molecule has 0 bridgehead atoms. The van der Waals surface area contributed by atoms with Crippen LogP contribution in [0.4, 0.5) is 0 Å². The summed E-state index contributed by atoms with van der Waals surface area (Å²) >= 11 is 0. The number of methoxy groups -OCH3 is 1. The molecule has 1 unspecified atom stereocenters. The standard InChI is InChI=1S/C10H22O3/c1-5-6-13-8-10(11,7-12-4)9(2)3/h9,11H,5-8H2,1-4H3. The molecule has 1 N–H and O–H groups in total. The van der Waals surface area contributed by atoms with Crippen molar-refractivity contribution in [3.63, 3.8) is 0 Å². The van der Waals surface area contributed by atoms with Crippen LogP contribution >= 0.6 is 0 Å². The summed E-state index contributed by atoms with van der Waals surface area (Å²) < 4.78 is 10.3. The second-order valence-electron chi connectivity index (χ2n) is 3.74. The van der Waals surface area contributed by atoms with Gasteiger partial charge in [0.15, 0.2) is 0 Å². The Balaban J connectivity index is 3.92. The van der Waals surface area contributed by atoms with E-state index in [9.17, 15) is 5.11 Å². The molecule has 0 rings (SSSR count). The van der Waals surface area contributed by atoms with Gasteiger partial charge < -0.3 is 14.6 Å². The molecule has 3 heteroatoms. The molecule has 0 aromatic heterocycles. The van der Waals surface area contributed by atoms with E-state index < -0.39 is 5.60 Å². The van der Waals surface area contributed by atoms with Crippen LogP contribution in [0.1, 0.15) is 27.2 Å². The molecule has 0 radical (unpaired) electrons. The lowest BCUT2D eigenvalue weighted by Crippen LogP contribution is -2.44. The highest BCUT2D eigenvalue weighted by molar-refractivity contribution is 4.81. The van der Waals surface area contributed by atoms with Gasteiger partial charge in [0.25, 0.3) is 0 Å². The molecule has 0 saturated heterocycles. The molecule has 0 saturated carbocycles. The van der Waals surface area contributed by atoms with Crippen LogP contribution < -0.4 is 0 Å². The summed E-state index contributed by atoms with van der Waals surface area (Å²) in [4.78, 5) is 0. The van der Waals surface area contributed by atoms with Crippen molar-refractivity contribution in [1.29, 1.82) is 0 Å². The lowest BCUT2D eigenvalue weighted by Gasteiger charge is -2.31. The molecule has 0 spiro atoms. The van der Waals surface area contributed by atoms with Crippen molar-refractivity contribution in [2.24, 2.45) is 5.92 Å². The van der Waals surface area contributed by atoms with Gasteiger partial charge in [-0.15, -0.1) is 0 Å². The molecular weight excluding hydrogens is 168 g/mol. The van der Waals surface area contributed by atoms with Crippen LogP contribution in [-0.4, -0.2) is 37.6 Å². The second-order valence-corrected chi connectivity index (χ2v) is 3.74. The van der Waals surface area contributed by atoms with E-state index in [1.54, 1.807) is 7.11 Å². The van der Waals surface area contributed by atoms with Crippen LogP contribution in [0.25, 0.3) is 0 Å². The maximum absolute atomic E-state index is 10.1. The maximum atomic E-state index is 10.1. The van der Waals surface area contributed by atoms with Gasteiger partial charge in [0.05, 0.1) is 13.2 Å². The second kappa shape index (κ2) is 6.35. The smallest absolute Gasteiger partial charge is 0.113 e. The van der Waals surface area contributed by atoms with Crippen LogP contribution in [-0.2, 0) is 9.47 Å². The molecule has 0 aliphatic heterocycles. The van der Waals surface area contributed by atoms with Gasteiger partial charge in [-0.2, -0.15) is 0 Å². The monoisotopic (exact) mass is 190 g/mol. The molecule has 80 valence electrons. The number of hydrogen-bond donors (Lipinski definition) is 1. The van der Waals surface area contributed by atoms with Crippen molar-refractivity contribution in [2.45, 2.75) is 32.8 Å². The van der Waals surface area contributed by atoms with Gasteiger partial charge in [0.1, 0.15) is 5.60 Å². The molecule has 0 aliphatic carbocycles. The predicted molar refractivity (Wildman–Crippen MR) is 52.8 cm³/mol. The summed E-state index contributed by atoms with van der Waals surface area (Å²) in [6.07, 6.45) is 0.973. The van der Waals surface area contributed by atoms with Crippen molar-refractivity contribution in [1.82, 2.24) is 0 Å². The Morgan fingerprint density at radius 2 is 1.92 bits per heavy atom. The molecule has 3 nitrogen and oxygen atoms in total. The molecule has 0 aliphatic rings. The van der Waals surface area contributed by atoms with Crippen LogP contribution in [0.5, 0.6) is 0 Å². The highest BCUT2D eigenvalue weighted by Crippen LogP contribution is 2.17. The zero-order chi connectivity index (χ0) is 10.3. The lowest BCUT2D eigenvalue weighted by molar-refractivity contribution is -0.113. The zero-order valence-electron chi connectivity index (χ0n) is 9.17. The highest BCUT2D eigenvalue weighted by Gasteiger charge is 2.31. The van der Waals surface area contributed by atoms with Crippen LogP contribution in [0.15, 0.2) is 0 Å². The quantitative estimate of drug-likeness (QED) is 0.617. The van der Waals surface area contributed by atoms with Crippen molar-refractivity contribution in [3.05, 3.63) is 0 Å². The molecule has 0 amide bonds. The van der Waals surface area contributed by atoms with E-state index in [0.717, 1.165) is 6.42 Å². The minimum absolute atomic E-state index is 0.143. The van der Waals surface area contributed by atoms with Crippen LogP contribution in [0, 0.1) is 5.92 Å². The normalized spacial score (nSPS) is 16.2. The lowest BCUT2D eigenvalue weighted by atomic mass is 9.92. The van der Waals surface area contributed by atoms with Crippen molar-refractivity contribution in [2.75, 3.05) is 26.9 Å². The Morgan fingerprint density at radius 1 is 1.31 bits per heavy atom. The zero-order valence-corrected chi connectivity index (χ0v) is 9.17. The van der Waals surface area contributed by atoms with Gasteiger partial charge in [-0.3, -0.25) is 0 Å². The van der Waals surface area contributed by atoms with Crippen molar-refractivity contribution >= 4 is 0 Å². The predicted octanol–water partition coefficient (Wildman–Crippen LogP) is 1.45. The fraction of sp³-hybridized carbons (Fsp3) is 1.00. The number of rotatable bonds is 7. The van der Waals surface area contributed by atoms with Gasteiger partial charge in [-0.25, -0.2) is 0 Å². The summed E-state index contributed by atoms with van der Waals surface area (Å²) in [5.41, 5.74) is -0.843. The first kappa shape index (κ1) is 12.9. The van der Waals surface area contributed by atoms with Gasteiger partial charge in [-0.05, 0) is 12.3 Å². The van der Waals surface area contributed by atoms with E-state index in [1.165, 1.54) is 0 Å². The van der Waals surface area contributed by atoms with E-state index in [2.05, 4.69) is 0 Å². The Kier molecular flexibility index (Phi) is 6.29. The highest BCUT2D eigenvalue weighted by atomic mass is 16.5. The minimum Gasteiger partial charge on any atom is -0.385 e. The van der Waals surface area contributed by atoms with E-state index in [1.807, 2.05) is 20.8 Å². The molecule has 13 heavy (non-hydrogen) atoms. The SMILES string of the molecule is CCCOCC(O)(COC)C(C)C. The van der Waals surface area contributed by atoms with E-state index in [-0.39, 0.29) is 5.92 Å². The third kappa shape index (κ3) is 4.60. The van der Waals surface area contributed by atoms with Gasteiger partial charge in [-0.1, -0.05) is 20.8 Å². The molecular formula is C10H22O3. The van der Waals surface area contributed by atoms with Crippen molar-refractivity contribution in [3.8, 4) is 0 Å². The summed E-state index contributed by atoms with van der Waals surface area (Å²) in [5.74, 6) is 0.143. The van der Waals surface area contributed by atoms with E-state index in [4.69, 9.17) is 9.47 Å². The average molecular weight is 190 g/mol. The Morgan fingerprint density at radius 3 is 2.31 bits per heavy atom. The minimum atomic E-state index is -0.843. The average Bonchev–Trinajstić information content (AvgIpc) is 2.05. The van der Waals surface area contributed by atoms with E-state index in [0.29, 0.717) is 19.8 Å². The Hall–Kier alpha value is -0.120. The fourth-order valence-electron chi connectivity index (χ4n) is 1.02. The first-order valence-corrected chi connectivity index (χ1v) is 4.86. The van der Waals surface area contributed by atoms with Crippen LogP contribution in [0.2, 0.25) is 0 Å². The molecule has 0 fully saturated rings. The van der Waals surface area contributed by atoms with Crippen LogP contribution in [0.3, 0.4) is 0 Å². The summed E-state index contributed by atoms with van der Waals surface area (Å²) in [7, 11) is 1.59. The molecule has 0 aromatic carbocycles. The molecule has 0 aromatic rings. The fourth-order valence-corrected chi connectivity index (χ4v) is 1.02. The van der Waals surface area contributed by atoms with E-state index >= 15 is 0 Å². The molecule has 1 atom stereocenters. The third-order valence-corrected chi connectivity index (χ3v) is 2.17. The van der Waals surface area contributed by atoms with Gasteiger partial charge in [0, 0.05) is 13.7 Å². The van der Waals surface area contributed by atoms with Gasteiger partial charge in [0.2, 0.25) is 0 Å². The van der Waals surface area contributed by atoms with Crippen molar-refractivity contribution < 1.29 is 14.6 Å². The third-order valence-electron chi connectivity index (χ3n) is 2.17. The first-order chi connectivity index (χ1) is 6.06. The number of aliphatic hydroxyl groups is 1. The molecule has 0 heterocycles. The van der Waals surface area contributed by atoms with Gasteiger partial charge >= 0.3 is 0 Å². The first-order valence-electron chi connectivity index (χ1n) is 4.86. The number of hydrogen-bond acceptors (Lipinski definition) is 3. The summed E-state index contributed by atoms with van der Waals surface area (Å²) in [6.45, 7) is 7.35. The maximum Gasteiger partial charge on any atom is 0.113 e. The Bertz CT molecular complexity index is 125. The summed E-state index contributed by atoms with van der Waals surface area (Å²) in [6, 6.07) is 0. The topological polar surface area (TPSA) is 38.7 Å².